The largest absolute Gasteiger partial charge is 0.444 e. The monoisotopic (exact) mass is 383 g/mol. The minimum atomic E-state index is -0.633. The van der Waals surface area contributed by atoms with Gasteiger partial charge in [0.25, 0.3) is 0 Å². The topological polar surface area (TPSA) is 79.4 Å². The highest BCUT2D eigenvalue weighted by Gasteiger charge is 2.24. The van der Waals surface area contributed by atoms with Gasteiger partial charge in [0, 0.05) is 12.6 Å². The van der Waals surface area contributed by atoms with Gasteiger partial charge in [-0.15, -0.1) is 0 Å². The maximum atomic E-state index is 12.4. The Hall–Kier alpha value is -4.11. The van der Waals surface area contributed by atoms with E-state index in [4.69, 9.17) is 9.15 Å². The smallest absolute Gasteiger partial charge is 0.416 e. The van der Waals surface area contributed by atoms with Gasteiger partial charge in [-0.2, -0.15) is 10.2 Å². The van der Waals surface area contributed by atoms with Gasteiger partial charge in [0.15, 0.2) is 0 Å². The van der Waals surface area contributed by atoms with Crippen LogP contribution in [0.3, 0.4) is 0 Å². The molecule has 1 heterocycles. The van der Waals surface area contributed by atoms with Crippen LogP contribution in [0.15, 0.2) is 77.2 Å². The number of hydrogen-bond acceptors (Lipinski definition) is 5. The lowest BCUT2D eigenvalue weighted by Crippen LogP contribution is -2.27. The molecule has 1 amide bonds. The number of amides is 1. The second-order valence-corrected chi connectivity index (χ2v) is 6.41. The first-order chi connectivity index (χ1) is 14.2. The fourth-order valence-corrected chi connectivity index (χ4v) is 3.04. The highest BCUT2D eigenvalue weighted by Crippen LogP contribution is 2.32. The Bertz CT molecular complexity index is 1200. The van der Waals surface area contributed by atoms with Gasteiger partial charge in [-0.3, -0.25) is 0 Å². The molecule has 0 aliphatic carbocycles. The quantitative estimate of drug-likeness (QED) is 0.487. The highest BCUT2D eigenvalue weighted by molar-refractivity contribution is 5.95. The van der Waals surface area contributed by atoms with E-state index in [0.717, 1.165) is 26.8 Å². The molecule has 0 radical (unpaired) electrons. The lowest BCUT2D eigenvalue weighted by atomic mass is 10.0. The summed E-state index contributed by atoms with van der Waals surface area (Å²) in [5.74, 6) is 0.324. The summed E-state index contributed by atoms with van der Waals surface area (Å²) in [7, 11) is 1.49. The number of nitrogens with zero attached hydrogens (tertiary/aromatic N) is 3. The first-order valence-electron chi connectivity index (χ1n) is 9.01. The molecule has 4 rings (SSSR count). The molecule has 0 atom stereocenters. The maximum absolute atomic E-state index is 12.4. The standard InChI is InChI=1S/C23H17N3O3/c1-26(23(27)28-15-16-8-3-2-4-9-16)22-20(14-24)25-21(29-22)19-13-7-11-17-10-5-6-12-18(17)19/h2-13H,15H2,1H3. The van der Waals surface area contributed by atoms with Crippen LogP contribution in [0, 0.1) is 11.3 Å². The van der Waals surface area contributed by atoms with E-state index < -0.39 is 6.09 Å². The second-order valence-electron chi connectivity index (χ2n) is 6.41. The van der Waals surface area contributed by atoms with Crippen LogP contribution in [-0.4, -0.2) is 18.1 Å². The van der Waals surface area contributed by atoms with E-state index in [0.29, 0.717) is 0 Å². The number of benzene rings is 3. The number of oxazole rings is 1. The normalized spacial score (nSPS) is 10.5. The van der Waals surface area contributed by atoms with Crippen LogP contribution >= 0.6 is 0 Å². The van der Waals surface area contributed by atoms with Crippen molar-refractivity contribution in [2.75, 3.05) is 11.9 Å². The Labute approximate surface area is 167 Å². The SMILES string of the molecule is CN(C(=O)OCc1ccccc1)c1oc(-c2cccc3ccccc23)nc1C#N. The molecular weight excluding hydrogens is 366 g/mol. The van der Waals surface area contributed by atoms with Crippen molar-refractivity contribution in [1.29, 1.82) is 5.26 Å². The van der Waals surface area contributed by atoms with Crippen molar-refractivity contribution in [2.24, 2.45) is 0 Å². The minimum Gasteiger partial charge on any atom is -0.444 e. The number of carbonyl (C=O) groups excluding carboxylic acids is 1. The number of rotatable bonds is 4. The predicted molar refractivity (Wildman–Crippen MR) is 109 cm³/mol. The first kappa shape index (κ1) is 18.3. The van der Waals surface area contributed by atoms with Gasteiger partial charge in [0.2, 0.25) is 17.5 Å². The van der Waals surface area contributed by atoms with Gasteiger partial charge in [0.1, 0.15) is 12.7 Å². The van der Waals surface area contributed by atoms with E-state index in [2.05, 4.69) is 4.98 Å². The van der Waals surface area contributed by atoms with Crippen molar-refractivity contribution in [2.45, 2.75) is 6.61 Å². The van der Waals surface area contributed by atoms with Crippen molar-refractivity contribution < 1.29 is 13.9 Å². The lowest BCUT2D eigenvalue weighted by Gasteiger charge is -2.14. The summed E-state index contributed by atoms with van der Waals surface area (Å²) in [5, 5.41) is 11.5. The van der Waals surface area contributed by atoms with Gasteiger partial charge in [-0.25, -0.2) is 9.69 Å². The Morgan fingerprint density at radius 1 is 1.07 bits per heavy atom. The molecule has 6 nitrogen and oxygen atoms in total. The molecule has 0 N–H and O–H groups in total. The fraction of sp³-hybridized carbons (Fsp3) is 0.0870. The Morgan fingerprint density at radius 2 is 1.79 bits per heavy atom. The molecule has 0 fully saturated rings. The van der Waals surface area contributed by atoms with Gasteiger partial charge in [-0.1, -0.05) is 66.7 Å². The molecule has 0 bridgehead atoms. The summed E-state index contributed by atoms with van der Waals surface area (Å²) in [5.41, 5.74) is 1.63. The third-order valence-corrected chi connectivity index (χ3v) is 4.52. The van der Waals surface area contributed by atoms with Gasteiger partial charge >= 0.3 is 6.09 Å². The zero-order valence-electron chi connectivity index (χ0n) is 15.7. The van der Waals surface area contributed by atoms with E-state index in [1.54, 1.807) is 0 Å². The number of fused-ring (bicyclic) bond motifs is 1. The fourth-order valence-electron chi connectivity index (χ4n) is 3.04. The summed E-state index contributed by atoms with van der Waals surface area (Å²) in [6.45, 7) is 0.121. The molecular formula is C23H17N3O3. The number of hydrogen-bond donors (Lipinski definition) is 0. The lowest BCUT2D eigenvalue weighted by molar-refractivity contribution is 0.147. The molecule has 6 heteroatoms. The van der Waals surface area contributed by atoms with Gasteiger partial charge in [0.05, 0.1) is 0 Å². The molecule has 0 spiro atoms. The second kappa shape index (κ2) is 7.87. The van der Waals surface area contributed by atoms with Crippen LogP contribution < -0.4 is 4.90 Å². The van der Waals surface area contributed by atoms with Crippen LogP contribution in [0.1, 0.15) is 11.3 Å². The number of ether oxygens (including phenoxy) is 1. The Morgan fingerprint density at radius 3 is 2.59 bits per heavy atom. The zero-order valence-corrected chi connectivity index (χ0v) is 15.7. The van der Waals surface area contributed by atoms with Crippen molar-refractivity contribution in [3.8, 4) is 17.5 Å². The average Bonchev–Trinajstić information content (AvgIpc) is 3.21. The van der Waals surface area contributed by atoms with Crippen molar-refractivity contribution in [3.63, 3.8) is 0 Å². The van der Waals surface area contributed by atoms with Crippen LogP contribution in [0.2, 0.25) is 0 Å². The molecule has 0 aliphatic rings. The molecule has 29 heavy (non-hydrogen) atoms. The Balaban J connectivity index is 1.62. The van der Waals surface area contributed by atoms with E-state index in [9.17, 15) is 10.1 Å². The number of aromatic nitrogens is 1. The van der Waals surface area contributed by atoms with Crippen LogP contribution in [0.5, 0.6) is 0 Å². The molecule has 4 aromatic rings. The zero-order chi connectivity index (χ0) is 20.2. The van der Waals surface area contributed by atoms with Crippen LogP contribution in [0.4, 0.5) is 10.7 Å². The molecule has 0 saturated carbocycles. The molecule has 3 aromatic carbocycles. The maximum Gasteiger partial charge on any atom is 0.416 e. The van der Waals surface area contributed by atoms with Crippen molar-refractivity contribution in [3.05, 3.63) is 84.1 Å². The molecule has 1 aromatic heterocycles. The third kappa shape index (κ3) is 3.66. The summed E-state index contributed by atoms with van der Waals surface area (Å²) in [4.78, 5) is 17.9. The molecule has 0 unspecified atom stereocenters. The molecule has 142 valence electrons. The number of nitriles is 1. The van der Waals surface area contributed by atoms with E-state index >= 15 is 0 Å². The van der Waals surface area contributed by atoms with E-state index in [-0.39, 0.29) is 24.1 Å². The van der Waals surface area contributed by atoms with Crippen molar-refractivity contribution >= 4 is 22.7 Å². The molecule has 0 aliphatic heterocycles. The predicted octanol–water partition coefficient (Wildman–Crippen LogP) is 5.14. The van der Waals surface area contributed by atoms with E-state index in [1.807, 2.05) is 78.9 Å². The van der Waals surface area contributed by atoms with Crippen LogP contribution in [-0.2, 0) is 11.3 Å². The summed E-state index contributed by atoms with van der Waals surface area (Å²) < 4.78 is 11.1. The average molecular weight is 383 g/mol. The third-order valence-electron chi connectivity index (χ3n) is 4.52. The molecule has 0 saturated heterocycles. The number of carbonyl (C=O) groups is 1. The number of anilines is 1. The summed E-state index contributed by atoms with van der Waals surface area (Å²) in [6, 6.07) is 24.9. The Kier molecular flexibility index (Phi) is 4.95. The van der Waals surface area contributed by atoms with Gasteiger partial charge < -0.3 is 9.15 Å². The van der Waals surface area contributed by atoms with Gasteiger partial charge in [-0.05, 0) is 22.4 Å². The minimum absolute atomic E-state index is 0.0205. The summed E-state index contributed by atoms with van der Waals surface area (Å²) in [6.07, 6.45) is -0.633. The highest BCUT2D eigenvalue weighted by atomic mass is 16.6. The van der Waals surface area contributed by atoms with Crippen molar-refractivity contribution in [1.82, 2.24) is 4.98 Å². The first-order valence-corrected chi connectivity index (χ1v) is 9.01. The van der Waals surface area contributed by atoms with Crippen LogP contribution in [0.25, 0.3) is 22.2 Å². The summed E-state index contributed by atoms with van der Waals surface area (Å²) >= 11 is 0. The van der Waals surface area contributed by atoms with E-state index in [1.165, 1.54) is 7.05 Å².